The van der Waals surface area contributed by atoms with E-state index in [9.17, 15) is 4.79 Å². The van der Waals surface area contributed by atoms with Crippen LogP contribution < -0.4 is 0 Å². The fourth-order valence-electron chi connectivity index (χ4n) is 2.75. The van der Waals surface area contributed by atoms with Gasteiger partial charge in [-0.25, -0.2) is 0 Å². The summed E-state index contributed by atoms with van der Waals surface area (Å²) in [7, 11) is 1.59. The Kier molecular flexibility index (Phi) is 5.04. The third-order valence-electron chi connectivity index (χ3n) is 4.07. The molecule has 122 valence electrons. The van der Waals surface area contributed by atoms with Crippen molar-refractivity contribution >= 4 is 5.91 Å². The zero-order chi connectivity index (χ0) is 15.4. The maximum Gasteiger partial charge on any atom is 0.252 e. The van der Waals surface area contributed by atoms with Crippen LogP contribution in [0.1, 0.15) is 37.4 Å². The molecule has 2 aliphatic rings. The Morgan fingerprint density at radius 3 is 3.05 bits per heavy atom. The average molecular weight is 309 g/mol. The molecule has 0 bridgehead atoms. The maximum absolute atomic E-state index is 12.1. The van der Waals surface area contributed by atoms with Crippen molar-refractivity contribution in [2.75, 3.05) is 26.8 Å². The molecule has 0 radical (unpaired) electrons. The minimum Gasteiger partial charge on any atom is -0.376 e. The third kappa shape index (κ3) is 4.04. The van der Waals surface area contributed by atoms with E-state index < -0.39 is 0 Å². The van der Waals surface area contributed by atoms with Gasteiger partial charge in [-0.05, 0) is 25.7 Å². The Morgan fingerprint density at radius 1 is 1.41 bits per heavy atom. The Balaban J connectivity index is 1.39. The van der Waals surface area contributed by atoms with Crippen molar-refractivity contribution in [2.24, 2.45) is 5.92 Å². The largest absolute Gasteiger partial charge is 0.376 e. The highest BCUT2D eigenvalue weighted by Gasteiger charge is 2.35. The Hall–Kier alpha value is -1.47. The van der Waals surface area contributed by atoms with Crippen molar-refractivity contribution in [1.82, 2.24) is 15.0 Å². The molecule has 1 aliphatic heterocycles. The predicted octanol–water partition coefficient (Wildman–Crippen LogP) is 1.18. The van der Waals surface area contributed by atoms with Crippen molar-refractivity contribution < 1.29 is 18.8 Å². The molecule has 0 aromatic carbocycles. The Labute approximate surface area is 129 Å². The van der Waals surface area contributed by atoms with Crippen LogP contribution in [0.3, 0.4) is 0 Å². The molecule has 0 spiro atoms. The molecule has 1 aromatic heterocycles. The maximum atomic E-state index is 12.1. The third-order valence-corrected chi connectivity index (χ3v) is 4.07. The predicted molar refractivity (Wildman–Crippen MR) is 77.0 cm³/mol. The van der Waals surface area contributed by atoms with Gasteiger partial charge >= 0.3 is 0 Å². The number of aromatic nitrogens is 2. The zero-order valence-corrected chi connectivity index (χ0v) is 13.0. The van der Waals surface area contributed by atoms with Gasteiger partial charge in [-0.15, -0.1) is 0 Å². The van der Waals surface area contributed by atoms with E-state index in [2.05, 4.69) is 10.1 Å². The minimum atomic E-state index is 0.127. The topological polar surface area (TPSA) is 77.7 Å². The second kappa shape index (κ2) is 7.19. The van der Waals surface area contributed by atoms with E-state index >= 15 is 0 Å². The van der Waals surface area contributed by atoms with Crippen LogP contribution in [0.15, 0.2) is 4.52 Å². The molecule has 1 saturated carbocycles. The first kappa shape index (κ1) is 15.4. The van der Waals surface area contributed by atoms with Gasteiger partial charge in [0.1, 0.15) is 6.61 Å². The Bertz CT molecular complexity index is 501. The summed E-state index contributed by atoms with van der Waals surface area (Å²) in [6, 6.07) is 0. The highest BCUT2D eigenvalue weighted by atomic mass is 16.5. The van der Waals surface area contributed by atoms with E-state index in [0.717, 1.165) is 38.8 Å². The van der Waals surface area contributed by atoms with Crippen LogP contribution >= 0.6 is 0 Å². The number of ether oxygens (including phenoxy) is 2. The number of methoxy groups -OCH3 is 1. The molecule has 1 atom stereocenters. The number of carbonyl (C=O) groups is 1. The second-order valence-electron chi connectivity index (χ2n) is 5.98. The van der Waals surface area contributed by atoms with Gasteiger partial charge in [0.15, 0.2) is 5.82 Å². The molecule has 1 saturated heterocycles. The van der Waals surface area contributed by atoms with Gasteiger partial charge in [-0.3, -0.25) is 4.79 Å². The standard InChI is InChI=1S/C15H23N3O4/c1-20-10-14-16-13(17-22-14)6-8-21-12-3-2-7-18(9-12)15(19)11-4-5-11/h11-12H,2-10H2,1H3. The number of amides is 1. The van der Waals surface area contributed by atoms with Crippen LogP contribution in [0.25, 0.3) is 0 Å². The quantitative estimate of drug-likeness (QED) is 0.752. The van der Waals surface area contributed by atoms with Crippen molar-refractivity contribution in [2.45, 2.75) is 44.8 Å². The van der Waals surface area contributed by atoms with Gasteiger partial charge in [0.05, 0.1) is 12.7 Å². The molecular formula is C15H23N3O4. The Morgan fingerprint density at radius 2 is 2.27 bits per heavy atom. The first-order valence-corrected chi connectivity index (χ1v) is 7.97. The van der Waals surface area contributed by atoms with Crippen molar-refractivity contribution in [1.29, 1.82) is 0 Å². The fourth-order valence-corrected chi connectivity index (χ4v) is 2.75. The van der Waals surface area contributed by atoms with E-state index in [1.165, 1.54) is 0 Å². The van der Waals surface area contributed by atoms with Crippen molar-refractivity contribution in [3.63, 3.8) is 0 Å². The summed E-state index contributed by atoms with van der Waals surface area (Å²) in [6.45, 7) is 2.47. The molecule has 1 aliphatic carbocycles. The number of nitrogens with zero attached hydrogens (tertiary/aromatic N) is 3. The highest BCUT2D eigenvalue weighted by molar-refractivity contribution is 5.81. The summed E-state index contributed by atoms with van der Waals surface area (Å²) in [4.78, 5) is 18.3. The molecular weight excluding hydrogens is 286 g/mol. The molecule has 1 unspecified atom stereocenters. The molecule has 7 nitrogen and oxygen atoms in total. The van der Waals surface area contributed by atoms with Gasteiger partial charge in [-0.2, -0.15) is 4.98 Å². The molecule has 2 fully saturated rings. The van der Waals surface area contributed by atoms with E-state index in [4.69, 9.17) is 14.0 Å². The lowest BCUT2D eigenvalue weighted by atomic mass is 10.1. The lowest BCUT2D eigenvalue weighted by molar-refractivity contribution is -0.136. The summed E-state index contributed by atoms with van der Waals surface area (Å²) in [5.74, 6) is 1.72. The van der Waals surface area contributed by atoms with Gasteiger partial charge < -0.3 is 18.9 Å². The van der Waals surface area contributed by atoms with Gasteiger partial charge in [0, 0.05) is 32.5 Å². The summed E-state index contributed by atoms with van der Waals surface area (Å²) in [5.41, 5.74) is 0. The number of hydrogen-bond donors (Lipinski definition) is 0. The molecule has 1 amide bonds. The lowest BCUT2D eigenvalue weighted by Crippen LogP contribution is -2.44. The van der Waals surface area contributed by atoms with Crippen LogP contribution in [0, 0.1) is 5.92 Å². The normalized spacial score (nSPS) is 22.0. The van der Waals surface area contributed by atoms with Gasteiger partial charge in [0.2, 0.25) is 5.91 Å². The second-order valence-corrected chi connectivity index (χ2v) is 5.98. The van der Waals surface area contributed by atoms with E-state index in [1.807, 2.05) is 4.90 Å². The van der Waals surface area contributed by atoms with Crippen LogP contribution in [0.4, 0.5) is 0 Å². The van der Waals surface area contributed by atoms with Crippen LogP contribution in [-0.4, -0.2) is 53.9 Å². The fraction of sp³-hybridized carbons (Fsp3) is 0.800. The summed E-state index contributed by atoms with van der Waals surface area (Å²) in [6.07, 6.45) is 4.88. The number of carbonyl (C=O) groups excluding carboxylic acids is 1. The first-order valence-electron chi connectivity index (χ1n) is 7.97. The molecule has 3 rings (SSSR count). The first-order chi connectivity index (χ1) is 10.8. The zero-order valence-electron chi connectivity index (χ0n) is 13.0. The average Bonchev–Trinajstić information content (AvgIpc) is 3.29. The van der Waals surface area contributed by atoms with E-state index in [1.54, 1.807) is 7.11 Å². The van der Waals surface area contributed by atoms with E-state index in [-0.39, 0.29) is 12.0 Å². The number of likely N-dealkylation sites (tertiary alicyclic amines) is 1. The minimum absolute atomic E-state index is 0.127. The number of hydrogen-bond acceptors (Lipinski definition) is 6. The summed E-state index contributed by atoms with van der Waals surface area (Å²) in [5, 5.41) is 3.88. The molecule has 0 N–H and O–H groups in total. The molecule has 7 heteroatoms. The van der Waals surface area contributed by atoms with Crippen molar-refractivity contribution in [3.05, 3.63) is 11.7 Å². The smallest absolute Gasteiger partial charge is 0.252 e. The van der Waals surface area contributed by atoms with Crippen LogP contribution in [0.2, 0.25) is 0 Å². The number of rotatable bonds is 7. The number of piperidine rings is 1. The monoisotopic (exact) mass is 309 g/mol. The van der Waals surface area contributed by atoms with E-state index in [0.29, 0.717) is 37.3 Å². The van der Waals surface area contributed by atoms with Gasteiger partial charge in [-0.1, -0.05) is 5.16 Å². The molecule has 1 aromatic rings. The molecule has 22 heavy (non-hydrogen) atoms. The molecule has 2 heterocycles. The van der Waals surface area contributed by atoms with Gasteiger partial charge in [0.25, 0.3) is 5.89 Å². The van der Waals surface area contributed by atoms with Crippen molar-refractivity contribution in [3.8, 4) is 0 Å². The SMILES string of the molecule is COCc1nc(CCOC2CCCN(C(=O)C3CC3)C2)no1. The summed E-state index contributed by atoms with van der Waals surface area (Å²) >= 11 is 0. The van der Waals surface area contributed by atoms with Crippen LogP contribution in [-0.2, 0) is 27.3 Å². The van der Waals surface area contributed by atoms with Crippen LogP contribution in [0.5, 0.6) is 0 Å². The summed E-state index contributed by atoms with van der Waals surface area (Å²) < 4.78 is 15.9. The highest BCUT2D eigenvalue weighted by Crippen LogP contribution is 2.32. The lowest BCUT2D eigenvalue weighted by Gasteiger charge is -2.32.